The lowest BCUT2D eigenvalue weighted by Gasteiger charge is -2.33. The Morgan fingerprint density at radius 3 is 2.58 bits per heavy atom. The summed E-state index contributed by atoms with van der Waals surface area (Å²) >= 11 is 1.73. The topological polar surface area (TPSA) is 40.5 Å². The molecule has 104 valence electrons. The fraction of sp³-hybridized carbons (Fsp3) is 0.533. The third kappa shape index (κ3) is 3.31. The van der Waals surface area contributed by atoms with Crippen LogP contribution in [0, 0.1) is 20.8 Å². The predicted octanol–water partition coefficient (Wildman–Crippen LogP) is 2.61. The Hall–Kier alpha value is -1.00. The van der Waals surface area contributed by atoms with Gasteiger partial charge in [0.1, 0.15) is 6.04 Å². The molecule has 0 aromatic heterocycles. The van der Waals surface area contributed by atoms with Crippen LogP contribution in [0.25, 0.3) is 0 Å². The molecule has 4 heteroatoms. The van der Waals surface area contributed by atoms with Crippen LogP contribution in [0.4, 0.5) is 0 Å². The van der Waals surface area contributed by atoms with E-state index in [0.29, 0.717) is 5.75 Å². The largest absolute Gasteiger partial charge is 0.480 e. The van der Waals surface area contributed by atoms with E-state index in [1.54, 1.807) is 11.8 Å². The zero-order valence-corrected chi connectivity index (χ0v) is 12.6. The first-order chi connectivity index (χ1) is 8.99. The predicted molar refractivity (Wildman–Crippen MR) is 79.8 cm³/mol. The lowest BCUT2D eigenvalue weighted by molar-refractivity contribution is -0.142. The van der Waals surface area contributed by atoms with Gasteiger partial charge in [-0.05, 0) is 37.5 Å². The average Bonchev–Trinajstić information content (AvgIpc) is 2.34. The number of aliphatic carboxylic acids is 1. The maximum atomic E-state index is 11.3. The van der Waals surface area contributed by atoms with Gasteiger partial charge < -0.3 is 5.11 Å². The van der Waals surface area contributed by atoms with Crippen LogP contribution < -0.4 is 0 Å². The van der Waals surface area contributed by atoms with Gasteiger partial charge >= 0.3 is 5.97 Å². The van der Waals surface area contributed by atoms with Crippen molar-refractivity contribution in [3.63, 3.8) is 0 Å². The number of hydrogen-bond acceptors (Lipinski definition) is 3. The van der Waals surface area contributed by atoms with E-state index in [2.05, 4.69) is 37.8 Å². The summed E-state index contributed by atoms with van der Waals surface area (Å²) in [6.07, 6.45) is 0. The zero-order chi connectivity index (χ0) is 14.0. The van der Waals surface area contributed by atoms with Gasteiger partial charge in [0, 0.05) is 24.6 Å². The van der Waals surface area contributed by atoms with Crippen molar-refractivity contribution in [3.05, 3.63) is 34.4 Å². The van der Waals surface area contributed by atoms with Crippen LogP contribution in [0.5, 0.6) is 0 Å². The normalized spacial score (nSPS) is 20.5. The summed E-state index contributed by atoms with van der Waals surface area (Å²) in [7, 11) is 0. The Labute approximate surface area is 119 Å². The molecule has 19 heavy (non-hydrogen) atoms. The van der Waals surface area contributed by atoms with Gasteiger partial charge in [-0.3, -0.25) is 9.69 Å². The van der Waals surface area contributed by atoms with Crippen molar-refractivity contribution < 1.29 is 9.90 Å². The summed E-state index contributed by atoms with van der Waals surface area (Å²) in [6, 6.07) is 4.01. The van der Waals surface area contributed by atoms with Crippen LogP contribution in [-0.2, 0) is 11.3 Å². The fourth-order valence-electron chi connectivity index (χ4n) is 2.72. The van der Waals surface area contributed by atoms with E-state index in [1.807, 2.05) is 0 Å². The maximum absolute atomic E-state index is 11.3. The van der Waals surface area contributed by atoms with Crippen molar-refractivity contribution in [2.24, 2.45) is 0 Å². The van der Waals surface area contributed by atoms with Gasteiger partial charge in [0.05, 0.1) is 0 Å². The van der Waals surface area contributed by atoms with Gasteiger partial charge in [-0.25, -0.2) is 0 Å². The summed E-state index contributed by atoms with van der Waals surface area (Å²) in [5, 5.41) is 9.31. The van der Waals surface area contributed by atoms with Crippen molar-refractivity contribution in [1.29, 1.82) is 0 Å². The smallest absolute Gasteiger partial charge is 0.321 e. The molecule has 0 bridgehead atoms. The number of aryl methyl sites for hydroxylation is 3. The summed E-state index contributed by atoms with van der Waals surface area (Å²) in [5.41, 5.74) is 5.08. The van der Waals surface area contributed by atoms with Crippen molar-refractivity contribution in [1.82, 2.24) is 4.90 Å². The van der Waals surface area contributed by atoms with Crippen molar-refractivity contribution in [2.75, 3.05) is 18.1 Å². The Morgan fingerprint density at radius 1 is 1.37 bits per heavy atom. The van der Waals surface area contributed by atoms with Gasteiger partial charge in [-0.1, -0.05) is 17.7 Å². The monoisotopic (exact) mass is 279 g/mol. The van der Waals surface area contributed by atoms with Gasteiger partial charge in [-0.2, -0.15) is 11.8 Å². The van der Waals surface area contributed by atoms with Crippen molar-refractivity contribution in [2.45, 2.75) is 33.4 Å². The molecule has 1 fully saturated rings. The first-order valence-electron chi connectivity index (χ1n) is 6.60. The molecule has 1 aromatic rings. The molecule has 1 saturated heterocycles. The highest BCUT2D eigenvalue weighted by Gasteiger charge is 2.29. The van der Waals surface area contributed by atoms with Gasteiger partial charge in [0.25, 0.3) is 0 Å². The molecule has 1 aliphatic heterocycles. The summed E-state index contributed by atoms with van der Waals surface area (Å²) in [5.74, 6) is 1.02. The summed E-state index contributed by atoms with van der Waals surface area (Å²) in [6.45, 7) is 7.93. The molecule has 0 amide bonds. The van der Waals surface area contributed by atoms with Gasteiger partial charge in [0.2, 0.25) is 0 Å². The fourth-order valence-corrected chi connectivity index (χ4v) is 3.82. The van der Waals surface area contributed by atoms with Crippen molar-refractivity contribution >= 4 is 17.7 Å². The molecule has 3 nitrogen and oxygen atoms in total. The highest BCUT2D eigenvalue weighted by atomic mass is 32.2. The van der Waals surface area contributed by atoms with Crippen molar-refractivity contribution in [3.8, 4) is 0 Å². The average molecular weight is 279 g/mol. The maximum Gasteiger partial charge on any atom is 0.321 e. The molecule has 0 radical (unpaired) electrons. The van der Waals surface area contributed by atoms with Gasteiger partial charge in [0.15, 0.2) is 0 Å². The first-order valence-corrected chi connectivity index (χ1v) is 7.76. The molecular formula is C15H21NO2S. The lowest BCUT2D eigenvalue weighted by atomic mass is 9.99. The third-order valence-electron chi connectivity index (χ3n) is 3.73. The van der Waals surface area contributed by atoms with Crippen LogP contribution in [0.3, 0.4) is 0 Å². The van der Waals surface area contributed by atoms with E-state index >= 15 is 0 Å². The van der Waals surface area contributed by atoms with E-state index in [-0.39, 0.29) is 6.04 Å². The second kappa shape index (κ2) is 5.97. The first kappa shape index (κ1) is 14.4. The number of carboxylic acids is 1. The molecule has 1 heterocycles. The second-order valence-corrected chi connectivity index (χ2v) is 6.43. The minimum absolute atomic E-state index is 0.348. The standard InChI is InChI=1S/C15H21NO2S/c1-10-6-11(2)13(12(3)7-10)8-16-4-5-19-9-14(16)15(17)18/h6-7,14H,4-5,8-9H2,1-3H3,(H,17,18). The van der Waals surface area contributed by atoms with E-state index in [4.69, 9.17) is 0 Å². The molecule has 2 rings (SSSR count). The Bertz CT molecular complexity index is 464. The van der Waals surface area contributed by atoms with Crippen LogP contribution in [0.15, 0.2) is 12.1 Å². The Balaban J connectivity index is 2.22. The second-order valence-electron chi connectivity index (χ2n) is 5.28. The number of carbonyl (C=O) groups is 1. The molecule has 1 N–H and O–H groups in total. The Kier molecular flexibility index (Phi) is 4.53. The van der Waals surface area contributed by atoms with E-state index in [0.717, 1.165) is 18.8 Å². The number of thioether (sulfide) groups is 1. The molecule has 0 saturated carbocycles. The molecular weight excluding hydrogens is 258 g/mol. The molecule has 1 aliphatic rings. The SMILES string of the molecule is Cc1cc(C)c(CN2CCSCC2C(=O)O)c(C)c1. The molecule has 1 aromatic carbocycles. The highest BCUT2D eigenvalue weighted by molar-refractivity contribution is 7.99. The number of benzene rings is 1. The van der Waals surface area contributed by atoms with E-state index in [9.17, 15) is 9.90 Å². The van der Waals surface area contributed by atoms with Crippen LogP contribution in [0.2, 0.25) is 0 Å². The van der Waals surface area contributed by atoms with Crippen LogP contribution in [0.1, 0.15) is 22.3 Å². The highest BCUT2D eigenvalue weighted by Crippen LogP contribution is 2.23. The number of carboxylic acid groups (broad SMARTS) is 1. The number of nitrogens with zero attached hydrogens (tertiary/aromatic N) is 1. The lowest BCUT2D eigenvalue weighted by Crippen LogP contribution is -2.46. The minimum atomic E-state index is -0.699. The third-order valence-corrected chi connectivity index (χ3v) is 4.75. The quantitative estimate of drug-likeness (QED) is 0.923. The molecule has 1 unspecified atom stereocenters. The molecule has 0 spiro atoms. The van der Waals surface area contributed by atoms with Gasteiger partial charge in [-0.15, -0.1) is 0 Å². The van der Waals surface area contributed by atoms with Crippen LogP contribution in [-0.4, -0.2) is 40.1 Å². The summed E-state index contributed by atoms with van der Waals surface area (Å²) in [4.78, 5) is 13.4. The van der Waals surface area contributed by atoms with Crippen LogP contribution >= 0.6 is 11.8 Å². The number of hydrogen-bond donors (Lipinski definition) is 1. The van der Waals surface area contributed by atoms with E-state index < -0.39 is 5.97 Å². The zero-order valence-electron chi connectivity index (χ0n) is 11.8. The summed E-state index contributed by atoms with van der Waals surface area (Å²) < 4.78 is 0. The number of rotatable bonds is 3. The molecule has 0 aliphatic carbocycles. The van der Waals surface area contributed by atoms with E-state index in [1.165, 1.54) is 22.3 Å². The Morgan fingerprint density at radius 2 is 2.00 bits per heavy atom. The minimum Gasteiger partial charge on any atom is -0.480 e. The molecule has 1 atom stereocenters.